The van der Waals surface area contributed by atoms with Gasteiger partial charge in [0.1, 0.15) is 0 Å². The molecule has 0 spiro atoms. The Labute approximate surface area is 86.5 Å². The summed E-state index contributed by atoms with van der Waals surface area (Å²) in [6.45, 7) is 0.949. The fraction of sp³-hybridized carbons (Fsp3) is 0.364. The van der Waals surface area contributed by atoms with Gasteiger partial charge < -0.3 is 4.74 Å². The molecule has 1 atom stereocenters. The molecule has 0 amide bonds. The summed E-state index contributed by atoms with van der Waals surface area (Å²) < 4.78 is 6.47. The molecule has 2 nitrogen and oxygen atoms in total. The van der Waals surface area contributed by atoms with Crippen molar-refractivity contribution in [2.45, 2.75) is 18.9 Å². The third kappa shape index (κ3) is 1.65. The quantitative estimate of drug-likeness (QED) is 0.720. The highest BCUT2D eigenvalue weighted by Gasteiger charge is 2.22. The van der Waals surface area contributed by atoms with E-state index in [2.05, 4.69) is 23.2 Å². The van der Waals surface area contributed by atoms with Crippen LogP contribution in [0.2, 0.25) is 0 Å². The molecule has 1 aliphatic rings. The number of benzene rings is 1. The number of para-hydroxylation sites is 1. The van der Waals surface area contributed by atoms with Gasteiger partial charge in [0.05, 0.1) is 27.9 Å². The zero-order valence-electron chi connectivity index (χ0n) is 7.77. The monoisotopic (exact) mass is 205 g/mol. The molecule has 1 aromatic carbocycles. The molecule has 1 fully saturated rings. The Morgan fingerprint density at radius 1 is 1.43 bits per heavy atom. The summed E-state index contributed by atoms with van der Waals surface area (Å²) in [4.78, 5) is 4.58. The molecule has 1 aromatic heterocycles. The highest BCUT2D eigenvalue weighted by molar-refractivity contribution is 7.18. The molecule has 0 radical (unpaired) electrons. The topological polar surface area (TPSA) is 25.4 Å². The summed E-state index contributed by atoms with van der Waals surface area (Å²) in [6, 6.07) is 8.30. The molecular formula is C11H11NOS. The number of epoxide rings is 1. The van der Waals surface area contributed by atoms with Gasteiger partial charge in [0.2, 0.25) is 0 Å². The van der Waals surface area contributed by atoms with Gasteiger partial charge in [0.25, 0.3) is 0 Å². The maximum atomic E-state index is 5.18. The van der Waals surface area contributed by atoms with Gasteiger partial charge in [-0.05, 0) is 18.6 Å². The van der Waals surface area contributed by atoms with Gasteiger partial charge >= 0.3 is 0 Å². The van der Waals surface area contributed by atoms with Crippen molar-refractivity contribution in [3.05, 3.63) is 29.3 Å². The van der Waals surface area contributed by atoms with Gasteiger partial charge in [0, 0.05) is 6.42 Å². The Kier molecular flexibility index (Phi) is 2.00. The first-order valence-corrected chi connectivity index (χ1v) is 5.69. The predicted molar refractivity (Wildman–Crippen MR) is 57.7 cm³/mol. The lowest BCUT2D eigenvalue weighted by Crippen LogP contribution is -1.89. The summed E-state index contributed by atoms with van der Waals surface area (Å²) in [5, 5.41) is 1.24. The van der Waals surface area contributed by atoms with E-state index >= 15 is 0 Å². The molecular weight excluding hydrogens is 194 g/mol. The molecule has 1 saturated heterocycles. The molecule has 0 bridgehead atoms. The summed E-state index contributed by atoms with van der Waals surface area (Å²) in [7, 11) is 0. The minimum absolute atomic E-state index is 0.516. The average Bonchev–Trinajstić information content (AvgIpc) is 2.94. The number of thiazole rings is 1. The van der Waals surface area contributed by atoms with Crippen LogP contribution in [-0.4, -0.2) is 17.7 Å². The van der Waals surface area contributed by atoms with Crippen molar-refractivity contribution in [1.29, 1.82) is 0 Å². The van der Waals surface area contributed by atoms with Crippen LogP contribution in [0.3, 0.4) is 0 Å². The van der Waals surface area contributed by atoms with E-state index < -0.39 is 0 Å². The largest absolute Gasteiger partial charge is 0.373 e. The van der Waals surface area contributed by atoms with Crippen LogP contribution in [0.4, 0.5) is 0 Å². The molecule has 2 aromatic rings. The molecule has 0 aliphatic carbocycles. The second-order valence-electron chi connectivity index (χ2n) is 3.57. The Balaban J connectivity index is 1.82. The van der Waals surface area contributed by atoms with Crippen LogP contribution in [0.25, 0.3) is 10.2 Å². The zero-order chi connectivity index (χ0) is 9.38. The zero-order valence-corrected chi connectivity index (χ0v) is 8.59. The van der Waals surface area contributed by atoms with Crippen LogP contribution < -0.4 is 0 Å². The van der Waals surface area contributed by atoms with Crippen LogP contribution in [0.5, 0.6) is 0 Å². The molecule has 72 valence electrons. The minimum Gasteiger partial charge on any atom is -0.373 e. The normalized spacial score (nSPS) is 20.1. The third-order valence-electron chi connectivity index (χ3n) is 2.42. The third-order valence-corrected chi connectivity index (χ3v) is 3.52. The van der Waals surface area contributed by atoms with Crippen molar-refractivity contribution in [2.24, 2.45) is 0 Å². The predicted octanol–water partition coefficient (Wildman–Crippen LogP) is 2.63. The van der Waals surface area contributed by atoms with Crippen molar-refractivity contribution in [3.8, 4) is 0 Å². The van der Waals surface area contributed by atoms with Gasteiger partial charge in [-0.15, -0.1) is 11.3 Å². The van der Waals surface area contributed by atoms with E-state index in [1.165, 1.54) is 9.71 Å². The Morgan fingerprint density at radius 2 is 2.29 bits per heavy atom. The van der Waals surface area contributed by atoms with Gasteiger partial charge in [0.15, 0.2) is 0 Å². The van der Waals surface area contributed by atoms with Crippen LogP contribution in [0.15, 0.2) is 24.3 Å². The number of hydrogen-bond donors (Lipinski definition) is 0. The maximum Gasteiger partial charge on any atom is 0.0939 e. The average molecular weight is 205 g/mol. The number of aryl methyl sites for hydroxylation is 1. The van der Waals surface area contributed by atoms with Gasteiger partial charge in [-0.3, -0.25) is 0 Å². The lowest BCUT2D eigenvalue weighted by molar-refractivity contribution is 0.396. The number of ether oxygens (including phenoxy) is 1. The molecule has 1 aliphatic heterocycles. The van der Waals surface area contributed by atoms with E-state index in [9.17, 15) is 0 Å². The lowest BCUT2D eigenvalue weighted by Gasteiger charge is -1.89. The molecule has 3 heteroatoms. The maximum absolute atomic E-state index is 5.18. The van der Waals surface area contributed by atoms with Crippen molar-refractivity contribution in [1.82, 2.24) is 4.98 Å². The first-order chi connectivity index (χ1) is 6.92. The van der Waals surface area contributed by atoms with Crippen molar-refractivity contribution in [2.75, 3.05) is 6.61 Å². The van der Waals surface area contributed by atoms with E-state index in [0.29, 0.717) is 6.10 Å². The van der Waals surface area contributed by atoms with E-state index in [0.717, 1.165) is 25.0 Å². The Morgan fingerprint density at radius 3 is 3.07 bits per heavy atom. The highest BCUT2D eigenvalue weighted by atomic mass is 32.1. The highest BCUT2D eigenvalue weighted by Crippen LogP contribution is 2.24. The van der Waals surface area contributed by atoms with Gasteiger partial charge in [-0.2, -0.15) is 0 Å². The molecule has 1 unspecified atom stereocenters. The first kappa shape index (κ1) is 8.38. The second kappa shape index (κ2) is 3.33. The summed E-state index contributed by atoms with van der Waals surface area (Å²) in [6.07, 6.45) is 2.70. The number of rotatable bonds is 3. The second-order valence-corrected chi connectivity index (χ2v) is 4.68. The van der Waals surface area contributed by atoms with E-state index in [-0.39, 0.29) is 0 Å². The molecule has 3 rings (SSSR count). The summed E-state index contributed by atoms with van der Waals surface area (Å²) >= 11 is 1.80. The first-order valence-electron chi connectivity index (χ1n) is 4.88. The summed E-state index contributed by atoms with van der Waals surface area (Å²) in [5.74, 6) is 0. The van der Waals surface area contributed by atoms with Crippen molar-refractivity contribution < 1.29 is 4.74 Å². The van der Waals surface area contributed by atoms with Gasteiger partial charge in [-0.25, -0.2) is 4.98 Å². The fourth-order valence-corrected chi connectivity index (χ4v) is 2.53. The molecule has 0 N–H and O–H groups in total. The summed E-state index contributed by atoms with van der Waals surface area (Å²) in [5.41, 5.74) is 1.13. The van der Waals surface area contributed by atoms with E-state index in [1.54, 1.807) is 11.3 Å². The van der Waals surface area contributed by atoms with Crippen LogP contribution >= 0.6 is 11.3 Å². The van der Waals surface area contributed by atoms with Gasteiger partial charge in [-0.1, -0.05) is 12.1 Å². The number of nitrogens with zero attached hydrogens (tertiary/aromatic N) is 1. The molecule has 14 heavy (non-hydrogen) atoms. The van der Waals surface area contributed by atoms with Crippen LogP contribution in [0, 0.1) is 0 Å². The number of hydrogen-bond acceptors (Lipinski definition) is 3. The standard InChI is InChI=1S/C11H11NOS/c1-2-4-10-9(3-1)12-11(14-10)6-5-8-7-13-8/h1-4,8H,5-7H2. The SMILES string of the molecule is c1ccc2sc(CCC3CO3)nc2c1. The lowest BCUT2D eigenvalue weighted by atomic mass is 10.2. The minimum atomic E-state index is 0.516. The van der Waals surface area contributed by atoms with Crippen LogP contribution in [0.1, 0.15) is 11.4 Å². The smallest absolute Gasteiger partial charge is 0.0939 e. The van der Waals surface area contributed by atoms with Crippen LogP contribution in [-0.2, 0) is 11.2 Å². The van der Waals surface area contributed by atoms with Crippen molar-refractivity contribution >= 4 is 21.6 Å². The van der Waals surface area contributed by atoms with Crippen molar-refractivity contribution in [3.63, 3.8) is 0 Å². The fourth-order valence-electron chi connectivity index (χ4n) is 1.55. The van der Waals surface area contributed by atoms with E-state index in [4.69, 9.17) is 4.74 Å². The Hall–Kier alpha value is -0.930. The molecule has 0 saturated carbocycles. The number of fused-ring (bicyclic) bond motifs is 1. The Bertz CT molecular complexity index is 414. The number of aromatic nitrogens is 1. The molecule has 2 heterocycles. The van der Waals surface area contributed by atoms with E-state index in [1.807, 2.05) is 6.07 Å².